The minimum atomic E-state index is -0.986. The first-order chi connectivity index (χ1) is 10.0. The van der Waals surface area contributed by atoms with Crippen molar-refractivity contribution >= 4 is 11.8 Å². The van der Waals surface area contributed by atoms with Gasteiger partial charge in [-0.15, -0.1) is 6.58 Å². The molecule has 0 aromatic rings. The van der Waals surface area contributed by atoms with Crippen LogP contribution in [0.2, 0.25) is 0 Å². The summed E-state index contributed by atoms with van der Waals surface area (Å²) in [5, 5.41) is 0. The van der Waals surface area contributed by atoms with Crippen LogP contribution in [0.3, 0.4) is 0 Å². The van der Waals surface area contributed by atoms with Crippen molar-refractivity contribution in [2.45, 2.75) is 77.6 Å². The Labute approximate surface area is 129 Å². The Balaban J connectivity index is 2.95. The molecule has 1 unspecified atom stereocenters. The largest absolute Gasteiger partial charge is 0.468 e. The first-order valence-electron chi connectivity index (χ1n) is 8.29. The molecule has 3 heteroatoms. The van der Waals surface area contributed by atoms with Crippen molar-refractivity contribution < 1.29 is 14.3 Å². The molecule has 120 valence electrons. The summed E-state index contributed by atoms with van der Waals surface area (Å²) in [5.74, 6) is -0.314. The van der Waals surface area contributed by atoms with E-state index in [1.165, 1.54) is 32.8 Å². The highest BCUT2D eigenvalue weighted by molar-refractivity contribution is 6.04. The van der Waals surface area contributed by atoms with Crippen LogP contribution in [0.25, 0.3) is 0 Å². The second-order valence-corrected chi connectivity index (χ2v) is 6.46. The summed E-state index contributed by atoms with van der Waals surface area (Å²) < 4.78 is 4.99. The van der Waals surface area contributed by atoms with E-state index < -0.39 is 5.41 Å². The fourth-order valence-electron chi connectivity index (χ4n) is 3.34. The molecule has 0 heterocycles. The second-order valence-electron chi connectivity index (χ2n) is 6.46. The van der Waals surface area contributed by atoms with E-state index in [1.807, 2.05) is 6.92 Å². The van der Waals surface area contributed by atoms with E-state index in [0.29, 0.717) is 19.3 Å². The molecule has 0 amide bonds. The Morgan fingerprint density at radius 3 is 2.14 bits per heavy atom. The first-order valence-corrected chi connectivity index (χ1v) is 8.29. The fraction of sp³-hybridized carbons (Fsp3) is 0.778. The second kappa shape index (κ2) is 9.01. The molecule has 3 nitrogen and oxygen atoms in total. The number of ether oxygens (including phenoxy) is 1. The maximum atomic E-state index is 12.7. The average molecular weight is 294 g/mol. The van der Waals surface area contributed by atoms with Gasteiger partial charge in [0.2, 0.25) is 0 Å². The zero-order valence-corrected chi connectivity index (χ0v) is 13.7. The van der Waals surface area contributed by atoms with Gasteiger partial charge in [0.25, 0.3) is 0 Å². The lowest BCUT2D eigenvalue weighted by molar-refractivity contribution is -0.159. The molecule has 0 N–H and O–H groups in total. The molecule has 0 bridgehead atoms. The number of carbonyl (C=O) groups is 2. The highest BCUT2D eigenvalue weighted by Gasteiger charge is 2.45. The maximum Gasteiger partial charge on any atom is 0.319 e. The Morgan fingerprint density at radius 1 is 1.10 bits per heavy atom. The van der Waals surface area contributed by atoms with Crippen molar-refractivity contribution in [3.63, 3.8) is 0 Å². The Bertz CT molecular complexity index is 373. The molecule has 21 heavy (non-hydrogen) atoms. The van der Waals surface area contributed by atoms with E-state index in [1.54, 1.807) is 0 Å². The summed E-state index contributed by atoms with van der Waals surface area (Å²) in [5.41, 5.74) is -0.111. The standard InChI is InChI=1S/C18H30O3/c1-15(2)14-18(17(20)21-3)13-11-9-7-5-4-6-8-10-12-16(18)19/h1,4-14H2,2-3H3. The number of ketones is 1. The summed E-state index contributed by atoms with van der Waals surface area (Å²) in [7, 11) is 1.38. The van der Waals surface area contributed by atoms with E-state index in [-0.39, 0.29) is 11.8 Å². The highest BCUT2D eigenvalue weighted by atomic mass is 16.5. The molecule has 0 spiro atoms. The minimum absolute atomic E-state index is 0.0536. The first kappa shape index (κ1) is 17.9. The van der Waals surface area contributed by atoms with Gasteiger partial charge in [-0.3, -0.25) is 9.59 Å². The Kier molecular flexibility index (Phi) is 7.69. The van der Waals surface area contributed by atoms with Crippen LogP contribution < -0.4 is 0 Å². The topological polar surface area (TPSA) is 43.4 Å². The van der Waals surface area contributed by atoms with E-state index in [2.05, 4.69) is 6.58 Å². The normalized spacial score (nSPS) is 25.5. The maximum absolute atomic E-state index is 12.7. The van der Waals surface area contributed by atoms with E-state index in [0.717, 1.165) is 31.3 Å². The summed E-state index contributed by atoms with van der Waals surface area (Å²) in [6, 6.07) is 0. The molecule has 0 saturated heterocycles. The molecular formula is C18H30O3. The molecule has 1 aliphatic rings. The minimum Gasteiger partial charge on any atom is -0.468 e. The molecule has 1 fully saturated rings. The van der Waals surface area contributed by atoms with Gasteiger partial charge in [-0.1, -0.05) is 50.5 Å². The van der Waals surface area contributed by atoms with Gasteiger partial charge < -0.3 is 4.74 Å². The van der Waals surface area contributed by atoms with Gasteiger partial charge in [0.05, 0.1) is 7.11 Å². The van der Waals surface area contributed by atoms with Crippen molar-refractivity contribution in [3.8, 4) is 0 Å². The molecule has 0 aromatic carbocycles. The van der Waals surface area contributed by atoms with Gasteiger partial charge in [-0.25, -0.2) is 0 Å². The summed E-state index contributed by atoms with van der Waals surface area (Å²) in [6.45, 7) is 5.80. The van der Waals surface area contributed by atoms with E-state index in [4.69, 9.17) is 4.74 Å². The third-order valence-corrected chi connectivity index (χ3v) is 4.47. The predicted octanol–water partition coefficient (Wildman–Crippen LogP) is 4.60. The zero-order chi connectivity index (χ0) is 15.7. The molecular weight excluding hydrogens is 264 g/mol. The van der Waals surface area contributed by atoms with E-state index in [9.17, 15) is 9.59 Å². The van der Waals surface area contributed by atoms with Crippen LogP contribution in [-0.4, -0.2) is 18.9 Å². The zero-order valence-electron chi connectivity index (χ0n) is 13.7. The van der Waals surface area contributed by atoms with Gasteiger partial charge in [0, 0.05) is 6.42 Å². The molecule has 0 radical (unpaired) electrons. The molecule has 0 aliphatic heterocycles. The van der Waals surface area contributed by atoms with Crippen molar-refractivity contribution in [3.05, 3.63) is 12.2 Å². The highest BCUT2D eigenvalue weighted by Crippen LogP contribution is 2.37. The number of hydrogen-bond donors (Lipinski definition) is 0. The van der Waals surface area contributed by atoms with Crippen molar-refractivity contribution in [2.24, 2.45) is 5.41 Å². The van der Waals surface area contributed by atoms with Crippen molar-refractivity contribution in [2.75, 3.05) is 7.11 Å². The fourth-order valence-corrected chi connectivity index (χ4v) is 3.34. The van der Waals surface area contributed by atoms with Crippen LogP contribution in [0.5, 0.6) is 0 Å². The monoisotopic (exact) mass is 294 g/mol. The molecule has 0 aromatic heterocycles. The Hall–Kier alpha value is -1.12. The van der Waals surface area contributed by atoms with Crippen LogP contribution in [0.15, 0.2) is 12.2 Å². The predicted molar refractivity (Wildman–Crippen MR) is 85.1 cm³/mol. The van der Waals surface area contributed by atoms with Gasteiger partial charge in [0.1, 0.15) is 5.41 Å². The van der Waals surface area contributed by atoms with Crippen LogP contribution >= 0.6 is 0 Å². The summed E-state index contributed by atoms with van der Waals surface area (Å²) in [6.07, 6.45) is 10.4. The number of carbonyl (C=O) groups excluding carboxylic acids is 2. The third kappa shape index (κ3) is 5.29. The van der Waals surface area contributed by atoms with Crippen LogP contribution in [-0.2, 0) is 14.3 Å². The number of rotatable bonds is 3. The van der Waals surface area contributed by atoms with Gasteiger partial charge in [-0.05, 0) is 26.2 Å². The number of esters is 1. The van der Waals surface area contributed by atoms with Gasteiger partial charge in [-0.2, -0.15) is 0 Å². The van der Waals surface area contributed by atoms with E-state index >= 15 is 0 Å². The molecule has 1 saturated carbocycles. The van der Waals surface area contributed by atoms with Crippen LogP contribution in [0.1, 0.15) is 77.6 Å². The lowest BCUT2D eigenvalue weighted by Gasteiger charge is -2.30. The number of methoxy groups -OCH3 is 1. The lowest BCUT2D eigenvalue weighted by Crippen LogP contribution is -2.40. The molecule has 1 aliphatic carbocycles. The number of allylic oxidation sites excluding steroid dienone is 1. The summed E-state index contributed by atoms with van der Waals surface area (Å²) in [4.78, 5) is 25.1. The molecule has 1 atom stereocenters. The SMILES string of the molecule is C=C(C)CC1(C(=O)OC)CCCCCCCCCCC1=O. The summed E-state index contributed by atoms with van der Waals surface area (Å²) >= 11 is 0. The smallest absolute Gasteiger partial charge is 0.319 e. The van der Waals surface area contributed by atoms with Crippen LogP contribution in [0.4, 0.5) is 0 Å². The van der Waals surface area contributed by atoms with Gasteiger partial charge >= 0.3 is 5.97 Å². The molecule has 1 rings (SSSR count). The number of Topliss-reactive ketones (excluding diaryl/α,β-unsaturated/α-hetero) is 1. The third-order valence-electron chi connectivity index (χ3n) is 4.47. The quantitative estimate of drug-likeness (QED) is 0.434. The number of hydrogen-bond acceptors (Lipinski definition) is 3. The van der Waals surface area contributed by atoms with Gasteiger partial charge in [0.15, 0.2) is 5.78 Å². The van der Waals surface area contributed by atoms with Crippen LogP contribution in [0, 0.1) is 5.41 Å². The van der Waals surface area contributed by atoms with Crippen molar-refractivity contribution in [1.29, 1.82) is 0 Å². The van der Waals surface area contributed by atoms with Crippen molar-refractivity contribution in [1.82, 2.24) is 0 Å². The lowest BCUT2D eigenvalue weighted by atomic mass is 9.72. The average Bonchev–Trinajstić information content (AvgIpc) is 2.44. The Morgan fingerprint density at radius 2 is 1.62 bits per heavy atom.